The lowest BCUT2D eigenvalue weighted by atomic mass is 9.82. The van der Waals surface area contributed by atoms with Crippen LogP contribution < -0.4 is 23.7 Å². The summed E-state index contributed by atoms with van der Waals surface area (Å²) >= 11 is 7.29. The van der Waals surface area contributed by atoms with Gasteiger partial charge in [-0.1, -0.05) is 488 Å². The summed E-state index contributed by atoms with van der Waals surface area (Å²) in [6, 6.07) is 133. The zero-order valence-electron chi connectivity index (χ0n) is 81.3. The molecule has 2 N–H and O–H groups in total. The molecule has 0 atom stereocenters. The number of aromatic hydroxyl groups is 1. The van der Waals surface area contributed by atoms with Gasteiger partial charge in [-0.25, -0.2) is 0 Å². The average molecular weight is 1910 g/mol. The van der Waals surface area contributed by atoms with E-state index in [9.17, 15) is 10.2 Å². The van der Waals surface area contributed by atoms with Crippen molar-refractivity contribution in [3.05, 3.63) is 483 Å². The van der Waals surface area contributed by atoms with Crippen molar-refractivity contribution in [1.29, 1.82) is 0 Å². The lowest BCUT2D eigenvalue weighted by Gasteiger charge is -2.36. The first-order valence-corrected chi connectivity index (χ1v) is 48.9. The minimum absolute atomic E-state index is 0.270. The number of benzene rings is 17. The van der Waals surface area contributed by atoms with Gasteiger partial charge in [0.25, 0.3) is 0 Å². The number of aliphatic hydroxyl groups is 1. The molecule has 0 aromatic heterocycles. The highest BCUT2D eigenvalue weighted by atomic mass is 79.9. The Labute approximate surface area is 820 Å². The molecule has 0 aliphatic carbocycles. The van der Waals surface area contributed by atoms with Crippen molar-refractivity contribution in [3.8, 4) is 80.2 Å². The van der Waals surface area contributed by atoms with Crippen molar-refractivity contribution in [2.45, 2.75) is 133 Å². The molecule has 3 heterocycles. The van der Waals surface area contributed by atoms with E-state index in [-0.39, 0.29) is 5.75 Å². The van der Waals surface area contributed by atoms with Crippen LogP contribution in [0.15, 0.2) is 421 Å². The molecule has 135 heavy (non-hydrogen) atoms. The second kappa shape index (κ2) is 52.5. The quantitative estimate of drug-likeness (QED) is 0.111. The first-order valence-electron chi connectivity index (χ1n) is 47.3. The van der Waals surface area contributed by atoms with E-state index < -0.39 is 22.4 Å². The summed E-state index contributed by atoms with van der Waals surface area (Å²) in [6.07, 6.45) is 18.6. The van der Waals surface area contributed by atoms with Gasteiger partial charge < -0.3 is 33.9 Å². The fourth-order valence-electron chi connectivity index (χ4n) is 16.3. The van der Waals surface area contributed by atoms with E-state index in [1.807, 2.05) is 226 Å². The van der Waals surface area contributed by atoms with Crippen LogP contribution in [0.4, 0.5) is 0 Å². The van der Waals surface area contributed by atoms with Crippen LogP contribution in [0.5, 0.6) is 34.5 Å². The Hall–Kier alpha value is -14.0. The topological polar surface area (TPSA) is 86.6 Å². The van der Waals surface area contributed by atoms with E-state index in [1.165, 1.54) is 21.5 Å². The van der Waals surface area contributed by atoms with E-state index in [2.05, 4.69) is 341 Å². The lowest BCUT2D eigenvalue weighted by Crippen LogP contribution is -2.34. The fourth-order valence-corrected chi connectivity index (χ4v) is 17.1. The highest BCUT2D eigenvalue weighted by Gasteiger charge is 2.41. The lowest BCUT2D eigenvalue weighted by molar-refractivity contribution is 0.145. The number of hydrogen-bond acceptors (Lipinski definition) is 7. The van der Waals surface area contributed by atoms with Crippen molar-refractivity contribution in [1.82, 2.24) is 0 Å². The van der Waals surface area contributed by atoms with E-state index in [1.54, 1.807) is 26.4 Å². The summed E-state index contributed by atoms with van der Waals surface area (Å²) in [5.41, 5.74) is 14.3. The molecule has 688 valence electrons. The van der Waals surface area contributed by atoms with Crippen molar-refractivity contribution in [2.24, 2.45) is 0 Å². The van der Waals surface area contributed by atoms with Crippen molar-refractivity contribution in [3.63, 3.8) is 0 Å². The number of ether oxygens (including phenoxy) is 5. The van der Waals surface area contributed by atoms with Gasteiger partial charge in [-0.05, 0) is 157 Å². The van der Waals surface area contributed by atoms with E-state index in [0.717, 1.165) is 120 Å². The van der Waals surface area contributed by atoms with E-state index in [4.69, 9.17) is 30.1 Å². The number of fused-ring (bicyclic) bond motifs is 9. The maximum Gasteiger partial charge on any atom is 0.178 e. The third-order valence-corrected chi connectivity index (χ3v) is 23.5. The SMILES string of the molecule is Brc1cc2c(c3ccccc13)C=CC(c1ccccc1)(c1ccccc1)O2.C#CC(O)(c1ccccc1)c1ccccc1.CC.CC.CC.CC.CC.CC.CC.CC.COc1cc2c(-c3ccc(Br)cc3)cc3c(c2cc1OC)C=CC(c1ccccc1)(c1ccccc1)O3.Oc1ccc(-c2ccc(-c3cc4c(c5ccccc35)C=CC(c3ccccc3)(c3ccccc3)O4)cc2)cc1. The Balaban J connectivity index is 0.000000198. The van der Waals surface area contributed by atoms with Crippen LogP contribution in [0.3, 0.4) is 0 Å². The molecule has 17 aromatic carbocycles. The number of halogens is 2. The van der Waals surface area contributed by atoms with Crippen LogP contribution in [-0.4, -0.2) is 24.4 Å². The highest BCUT2D eigenvalue weighted by Crippen LogP contribution is 2.52. The summed E-state index contributed by atoms with van der Waals surface area (Å²) in [5, 5.41) is 27.0. The summed E-state index contributed by atoms with van der Waals surface area (Å²) in [4.78, 5) is 0. The van der Waals surface area contributed by atoms with Crippen LogP contribution in [0.25, 0.3) is 83.9 Å². The van der Waals surface area contributed by atoms with Gasteiger partial charge in [0.15, 0.2) is 33.9 Å². The maximum atomic E-state index is 10.5. The molecule has 0 unspecified atom stereocenters. The molecular weight excluding hydrogens is 1790 g/mol. The van der Waals surface area contributed by atoms with Gasteiger partial charge in [0, 0.05) is 70.1 Å². The number of phenols is 1. The van der Waals surface area contributed by atoms with Crippen LogP contribution in [0.1, 0.15) is 172 Å². The van der Waals surface area contributed by atoms with Crippen molar-refractivity contribution in [2.75, 3.05) is 14.2 Å². The summed E-state index contributed by atoms with van der Waals surface area (Å²) in [6.45, 7) is 32.0. The Morgan fingerprint density at radius 1 is 0.281 bits per heavy atom. The zero-order valence-corrected chi connectivity index (χ0v) is 84.4. The molecule has 3 aliphatic heterocycles. The third-order valence-electron chi connectivity index (χ3n) is 22.3. The molecule has 9 heteroatoms. The Bertz CT molecular complexity index is 6440. The van der Waals surface area contributed by atoms with Crippen molar-refractivity contribution < 1.29 is 33.9 Å². The zero-order chi connectivity index (χ0) is 97.3. The molecule has 3 aliphatic rings. The van der Waals surface area contributed by atoms with E-state index in [0.29, 0.717) is 22.6 Å². The Morgan fingerprint density at radius 3 is 0.859 bits per heavy atom. The molecule has 0 amide bonds. The molecule has 7 nitrogen and oxygen atoms in total. The largest absolute Gasteiger partial charge is 0.508 e. The maximum absolute atomic E-state index is 10.5. The highest BCUT2D eigenvalue weighted by molar-refractivity contribution is 9.11. The standard InChI is InChI=1S/C37H26O2.C33H25BrO3.C25H17BrO.C15H12O.8C2H6/c38-31-21-19-27(20-22-31)26-15-17-28(18-16-26)35-25-36-34(32-13-7-8-14-33(32)35)23-24-37(39-36,29-9-3-1-4-10-29)30-11-5-2-6-12-30;1-35-31-20-28-26-17-18-33(23-9-5-3-6-10-23,24-11-7-4-8-12-24)37-30(26)19-27(29(28)21-32(31)36-2)22-13-15-25(34)16-14-22;26-23-17-24-22(20-13-7-8-14-21(20)23)15-16-25(27-24,18-9-3-1-4-10-18)19-11-5-2-6-12-19;1-2-15(16,13-9-5-3-6-10-13)14-11-7-4-8-12-14;8*1-2/h1-25,38H;3-21H,1-2H3;1-17H;1,3-12,16H;8*1-2H3. The second-order valence-corrected chi connectivity index (χ2v) is 31.0. The molecule has 0 radical (unpaired) electrons. The third kappa shape index (κ3) is 23.6. The number of phenolic OH excluding ortho intramolecular Hbond substituents is 1. The Kier molecular flexibility index (Phi) is 40.7. The first-order chi connectivity index (χ1) is 66.4. The summed E-state index contributed by atoms with van der Waals surface area (Å²) < 4.78 is 34.3. The predicted molar refractivity (Wildman–Crippen MR) is 584 cm³/mol. The van der Waals surface area contributed by atoms with Gasteiger partial charge >= 0.3 is 0 Å². The number of rotatable bonds is 13. The molecule has 0 bridgehead atoms. The smallest absolute Gasteiger partial charge is 0.178 e. The fraction of sp³-hybridized carbons (Fsp3) is 0.175. The van der Waals surface area contributed by atoms with Gasteiger partial charge in [0.05, 0.1) is 14.2 Å². The van der Waals surface area contributed by atoms with Crippen molar-refractivity contribution >= 4 is 82.4 Å². The van der Waals surface area contributed by atoms with Gasteiger partial charge in [0.1, 0.15) is 23.0 Å². The molecule has 0 spiro atoms. The second-order valence-electron chi connectivity index (χ2n) is 29.2. The monoisotopic (exact) mass is 1910 g/mol. The predicted octanol–water partition coefficient (Wildman–Crippen LogP) is 35.6. The van der Waals surface area contributed by atoms with Crippen LogP contribution >= 0.6 is 31.9 Å². The summed E-state index contributed by atoms with van der Waals surface area (Å²) in [7, 11) is 3.33. The summed E-state index contributed by atoms with van der Waals surface area (Å²) in [5.74, 6) is 6.67. The normalized spacial score (nSPS) is 12.2. The molecule has 20 rings (SSSR count). The van der Waals surface area contributed by atoms with Gasteiger partial charge in [-0.3, -0.25) is 0 Å². The van der Waals surface area contributed by atoms with Crippen LogP contribution in [-0.2, 0) is 22.4 Å². The van der Waals surface area contributed by atoms with E-state index >= 15 is 0 Å². The van der Waals surface area contributed by atoms with Gasteiger partial charge in [-0.2, -0.15) is 0 Å². The average Bonchev–Trinajstić information content (AvgIpc) is 0.734. The molecule has 17 aromatic rings. The van der Waals surface area contributed by atoms with Crippen LogP contribution in [0.2, 0.25) is 0 Å². The number of methoxy groups -OCH3 is 2. The number of terminal acetylenes is 1. The van der Waals surface area contributed by atoms with Gasteiger partial charge in [0.2, 0.25) is 0 Å². The number of hydrogen-bond donors (Lipinski definition) is 2. The molecule has 0 fully saturated rings. The molecular formula is C126H128Br2O7. The molecule has 0 saturated carbocycles. The molecule has 0 saturated heterocycles. The minimum atomic E-state index is -1.34. The Morgan fingerprint density at radius 2 is 0.533 bits per heavy atom. The minimum Gasteiger partial charge on any atom is -0.508 e. The first kappa shape index (κ1) is 105. The van der Waals surface area contributed by atoms with Crippen LogP contribution in [0, 0.1) is 12.3 Å². The van der Waals surface area contributed by atoms with Gasteiger partial charge in [-0.15, -0.1) is 6.42 Å².